The lowest BCUT2D eigenvalue weighted by molar-refractivity contribution is -0.139. The molecule has 0 spiro atoms. The van der Waals surface area contributed by atoms with Crippen LogP contribution in [0.5, 0.6) is 0 Å². The summed E-state index contributed by atoms with van der Waals surface area (Å²) in [6.45, 7) is 0.551. The van der Waals surface area contributed by atoms with Crippen LogP contribution in [0.15, 0.2) is 48.0 Å². The van der Waals surface area contributed by atoms with Gasteiger partial charge in [-0.25, -0.2) is 4.98 Å². The number of benzene rings is 1. The topological polar surface area (TPSA) is 75.2 Å². The summed E-state index contributed by atoms with van der Waals surface area (Å²) in [7, 11) is 0. The fraction of sp³-hybridized carbons (Fsp3) is 0.273. The summed E-state index contributed by atoms with van der Waals surface area (Å²) in [5.41, 5.74) is 2.02. The Morgan fingerprint density at radius 2 is 2.03 bits per heavy atom. The Kier molecular flexibility index (Phi) is 6.85. The van der Waals surface area contributed by atoms with Gasteiger partial charge < -0.3 is 10.2 Å². The number of halogens is 2. The second-order valence-corrected chi connectivity index (χ2v) is 8.93. The summed E-state index contributed by atoms with van der Waals surface area (Å²) in [6.07, 6.45) is 4.25. The molecule has 1 aliphatic rings. The first-order chi connectivity index (χ1) is 15.0. The van der Waals surface area contributed by atoms with Crippen LogP contribution in [0.25, 0.3) is 10.7 Å². The van der Waals surface area contributed by atoms with Gasteiger partial charge in [-0.15, -0.1) is 11.3 Å². The molecule has 3 heterocycles. The van der Waals surface area contributed by atoms with Gasteiger partial charge in [0.15, 0.2) is 0 Å². The van der Waals surface area contributed by atoms with E-state index in [2.05, 4.69) is 15.3 Å². The van der Waals surface area contributed by atoms with E-state index in [0.29, 0.717) is 34.4 Å². The standard InChI is InChI=1S/C22H20Cl2N4O2S/c23-16-8-7-14(11-17(16)24)26-21(30)19-6-2-4-10-28(19)20(29)12-15-13-31-22(27-15)18-5-1-3-9-25-18/h1,3,5,7-9,11,13,19H,2,4,6,10,12H2,(H,26,30). The summed E-state index contributed by atoms with van der Waals surface area (Å²) in [6, 6.07) is 10.0. The Hall–Kier alpha value is -2.48. The minimum Gasteiger partial charge on any atom is -0.330 e. The number of likely N-dealkylation sites (tertiary alicyclic amines) is 1. The third-order valence-electron chi connectivity index (χ3n) is 5.08. The Bertz CT molecular complexity index is 1090. The molecule has 31 heavy (non-hydrogen) atoms. The van der Waals surface area contributed by atoms with Crippen molar-refractivity contribution in [3.8, 4) is 10.7 Å². The van der Waals surface area contributed by atoms with Gasteiger partial charge >= 0.3 is 0 Å². The number of aromatic nitrogens is 2. The fourth-order valence-electron chi connectivity index (χ4n) is 3.55. The van der Waals surface area contributed by atoms with Gasteiger partial charge in [-0.3, -0.25) is 14.6 Å². The number of nitrogens with one attached hydrogen (secondary N) is 1. The number of amides is 2. The molecule has 0 bridgehead atoms. The van der Waals surface area contributed by atoms with Crippen LogP contribution in [0, 0.1) is 0 Å². The highest BCUT2D eigenvalue weighted by Gasteiger charge is 2.32. The number of carbonyl (C=O) groups excluding carboxylic acids is 2. The molecule has 3 aromatic rings. The van der Waals surface area contributed by atoms with Crippen LogP contribution < -0.4 is 5.32 Å². The van der Waals surface area contributed by atoms with Crippen molar-refractivity contribution in [3.05, 3.63) is 63.7 Å². The van der Waals surface area contributed by atoms with Gasteiger partial charge in [0.2, 0.25) is 11.8 Å². The lowest BCUT2D eigenvalue weighted by Crippen LogP contribution is -2.50. The molecule has 4 rings (SSSR count). The molecule has 1 N–H and O–H groups in total. The molecule has 0 aliphatic carbocycles. The van der Waals surface area contributed by atoms with Gasteiger partial charge in [0, 0.05) is 23.8 Å². The van der Waals surface area contributed by atoms with Gasteiger partial charge in [-0.2, -0.15) is 0 Å². The largest absolute Gasteiger partial charge is 0.330 e. The van der Waals surface area contributed by atoms with E-state index < -0.39 is 6.04 Å². The molecule has 0 radical (unpaired) electrons. The van der Waals surface area contributed by atoms with E-state index in [1.54, 1.807) is 29.3 Å². The van der Waals surface area contributed by atoms with E-state index in [1.807, 2.05) is 23.6 Å². The second-order valence-electron chi connectivity index (χ2n) is 7.25. The van der Waals surface area contributed by atoms with Crippen molar-refractivity contribution >= 4 is 52.0 Å². The maximum atomic E-state index is 13.0. The molecule has 6 nitrogen and oxygen atoms in total. The monoisotopic (exact) mass is 474 g/mol. The number of anilines is 1. The summed E-state index contributed by atoms with van der Waals surface area (Å²) in [4.78, 5) is 36.5. The molecule has 1 fully saturated rings. The van der Waals surface area contributed by atoms with E-state index in [0.717, 1.165) is 23.5 Å². The molecule has 1 atom stereocenters. The number of pyridine rings is 1. The van der Waals surface area contributed by atoms with Crippen molar-refractivity contribution in [2.75, 3.05) is 11.9 Å². The summed E-state index contributed by atoms with van der Waals surface area (Å²) >= 11 is 13.4. The number of carbonyl (C=O) groups is 2. The van der Waals surface area contributed by atoms with E-state index in [-0.39, 0.29) is 18.2 Å². The molecule has 1 aliphatic heterocycles. The number of hydrogen-bond donors (Lipinski definition) is 1. The highest BCUT2D eigenvalue weighted by Crippen LogP contribution is 2.27. The van der Waals surface area contributed by atoms with Crippen LogP contribution in [0.2, 0.25) is 10.0 Å². The lowest BCUT2D eigenvalue weighted by atomic mass is 10.0. The van der Waals surface area contributed by atoms with Gasteiger partial charge in [-0.1, -0.05) is 29.3 Å². The second kappa shape index (κ2) is 9.77. The Morgan fingerprint density at radius 3 is 2.81 bits per heavy atom. The average molecular weight is 475 g/mol. The van der Waals surface area contributed by atoms with Crippen molar-refractivity contribution in [2.24, 2.45) is 0 Å². The van der Waals surface area contributed by atoms with Crippen molar-refractivity contribution < 1.29 is 9.59 Å². The zero-order chi connectivity index (χ0) is 21.8. The smallest absolute Gasteiger partial charge is 0.247 e. The van der Waals surface area contributed by atoms with Crippen LogP contribution in [-0.4, -0.2) is 39.3 Å². The van der Waals surface area contributed by atoms with E-state index in [4.69, 9.17) is 23.2 Å². The van der Waals surface area contributed by atoms with Crippen molar-refractivity contribution in [1.29, 1.82) is 0 Å². The van der Waals surface area contributed by atoms with E-state index >= 15 is 0 Å². The summed E-state index contributed by atoms with van der Waals surface area (Å²) < 4.78 is 0. The number of thiazole rings is 1. The van der Waals surface area contributed by atoms with Crippen LogP contribution in [0.4, 0.5) is 5.69 Å². The maximum absolute atomic E-state index is 13.0. The Balaban J connectivity index is 1.44. The zero-order valence-electron chi connectivity index (χ0n) is 16.6. The SMILES string of the molecule is O=C(Nc1ccc(Cl)c(Cl)c1)C1CCCCN1C(=O)Cc1csc(-c2ccccn2)n1. The minimum absolute atomic E-state index is 0.105. The fourth-order valence-corrected chi connectivity index (χ4v) is 4.65. The van der Waals surface area contributed by atoms with Gasteiger partial charge in [-0.05, 0) is 49.6 Å². The van der Waals surface area contributed by atoms with Crippen molar-refractivity contribution in [1.82, 2.24) is 14.9 Å². The van der Waals surface area contributed by atoms with Crippen LogP contribution >= 0.6 is 34.5 Å². The summed E-state index contributed by atoms with van der Waals surface area (Å²) in [5.74, 6) is -0.328. The molecule has 160 valence electrons. The lowest BCUT2D eigenvalue weighted by Gasteiger charge is -2.34. The van der Waals surface area contributed by atoms with Crippen LogP contribution in [-0.2, 0) is 16.0 Å². The van der Waals surface area contributed by atoms with Crippen molar-refractivity contribution in [2.45, 2.75) is 31.7 Å². The number of nitrogens with zero attached hydrogens (tertiary/aromatic N) is 3. The molecule has 1 aromatic carbocycles. The van der Waals surface area contributed by atoms with Gasteiger partial charge in [0.1, 0.15) is 11.0 Å². The predicted molar refractivity (Wildman–Crippen MR) is 123 cm³/mol. The molecule has 0 saturated carbocycles. The zero-order valence-corrected chi connectivity index (χ0v) is 18.9. The van der Waals surface area contributed by atoms with E-state index in [9.17, 15) is 9.59 Å². The molecule has 2 amide bonds. The van der Waals surface area contributed by atoms with Crippen molar-refractivity contribution in [3.63, 3.8) is 0 Å². The molecule has 1 unspecified atom stereocenters. The van der Waals surface area contributed by atoms with Gasteiger partial charge in [0.25, 0.3) is 0 Å². The predicted octanol–water partition coefficient (Wildman–Crippen LogP) is 5.07. The summed E-state index contributed by atoms with van der Waals surface area (Å²) in [5, 5.41) is 6.29. The normalized spacial score (nSPS) is 16.2. The number of rotatable bonds is 5. The highest BCUT2D eigenvalue weighted by atomic mass is 35.5. The third-order valence-corrected chi connectivity index (χ3v) is 6.73. The molecule has 1 saturated heterocycles. The van der Waals surface area contributed by atoms with Crippen LogP contribution in [0.3, 0.4) is 0 Å². The Morgan fingerprint density at radius 1 is 1.16 bits per heavy atom. The molecule has 9 heteroatoms. The quantitative estimate of drug-likeness (QED) is 0.559. The maximum Gasteiger partial charge on any atom is 0.247 e. The molecular formula is C22H20Cl2N4O2S. The first-order valence-electron chi connectivity index (χ1n) is 9.92. The number of piperidine rings is 1. The first-order valence-corrected chi connectivity index (χ1v) is 11.6. The van der Waals surface area contributed by atoms with E-state index in [1.165, 1.54) is 11.3 Å². The third kappa shape index (κ3) is 5.23. The molecule has 2 aromatic heterocycles. The van der Waals surface area contributed by atoms with Crippen LogP contribution in [0.1, 0.15) is 25.0 Å². The first kappa shape index (κ1) is 21.7. The average Bonchev–Trinajstić information content (AvgIpc) is 3.25. The Labute approximate surface area is 194 Å². The number of hydrogen-bond acceptors (Lipinski definition) is 5. The molecular weight excluding hydrogens is 455 g/mol. The highest BCUT2D eigenvalue weighted by molar-refractivity contribution is 7.13. The van der Waals surface area contributed by atoms with Gasteiger partial charge in [0.05, 0.1) is 27.9 Å². The minimum atomic E-state index is -0.524.